The van der Waals surface area contributed by atoms with Gasteiger partial charge in [0.15, 0.2) is 0 Å². The van der Waals surface area contributed by atoms with E-state index in [1.807, 2.05) is 35.9 Å². The van der Waals surface area contributed by atoms with Crippen molar-refractivity contribution >= 4 is 33.7 Å². The molecule has 0 radical (unpaired) electrons. The standard InChI is InChI=1S/C14H12N6OS/c1-8-12(18-19-14(21)22-8)9-2-3-10-11(6-9)17-13(16-10)20-5-4-15-7-20/h2-8H,1H3,(H,16,17)(H,19,21). The minimum Gasteiger partial charge on any atom is -0.323 e. The number of rotatable bonds is 2. The normalized spacial score (nSPS) is 18.3. The molecule has 2 aromatic heterocycles. The van der Waals surface area contributed by atoms with Crippen molar-refractivity contribution in [3.8, 4) is 5.95 Å². The lowest BCUT2D eigenvalue weighted by Gasteiger charge is -2.18. The van der Waals surface area contributed by atoms with Crippen LogP contribution in [-0.2, 0) is 0 Å². The average molecular weight is 312 g/mol. The van der Waals surface area contributed by atoms with Crippen molar-refractivity contribution in [3.63, 3.8) is 0 Å². The Morgan fingerprint density at radius 3 is 3.05 bits per heavy atom. The van der Waals surface area contributed by atoms with Gasteiger partial charge in [0.2, 0.25) is 5.95 Å². The fourth-order valence-corrected chi connectivity index (χ4v) is 3.12. The Kier molecular flexibility index (Phi) is 2.97. The molecular weight excluding hydrogens is 300 g/mol. The maximum Gasteiger partial charge on any atom is 0.299 e. The van der Waals surface area contributed by atoms with Crippen molar-refractivity contribution in [1.82, 2.24) is 24.9 Å². The van der Waals surface area contributed by atoms with Crippen molar-refractivity contribution in [2.75, 3.05) is 0 Å². The molecule has 1 aliphatic heterocycles. The number of hydrazone groups is 1. The van der Waals surface area contributed by atoms with E-state index >= 15 is 0 Å². The van der Waals surface area contributed by atoms with Crippen LogP contribution in [0, 0.1) is 0 Å². The topological polar surface area (TPSA) is 88.0 Å². The Balaban J connectivity index is 1.76. The molecule has 110 valence electrons. The number of imidazole rings is 2. The molecule has 0 bridgehead atoms. The third-order valence-electron chi connectivity index (χ3n) is 3.45. The third kappa shape index (κ3) is 2.17. The number of carbonyl (C=O) groups is 1. The highest BCUT2D eigenvalue weighted by Crippen LogP contribution is 2.23. The summed E-state index contributed by atoms with van der Waals surface area (Å²) in [6.07, 6.45) is 5.23. The summed E-state index contributed by atoms with van der Waals surface area (Å²) in [6, 6.07) is 5.91. The largest absolute Gasteiger partial charge is 0.323 e. The van der Waals surface area contributed by atoms with Crippen molar-refractivity contribution in [2.24, 2.45) is 5.10 Å². The maximum absolute atomic E-state index is 11.3. The summed E-state index contributed by atoms with van der Waals surface area (Å²) in [5, 5.41) is 4.06. The maximum atomic E-state index is 11.3. The van der Waals surface area contributed by atoms with Crippen molar-refractivity contribution < 1.29 is 4.79 Å². The zero-order chi connectivity index (χ0) is 15.1. The number of aromatic amines is 1. The van der Waals surface area contributed by atoms with Crippen LogP contribution < -0.4 is 5.43 Å². The van der Waals surface area contributed by atoms with E-state index in [1.54, 1.807) is 12.5 Å². The summed E-state index contributed by atoms with van der Waals surface area (Å²) in [4.78, 5) is 23.1. The van der Waals surface area contributed by atoms with Crippen LogP contribution in [0.25, 0.3) is 17.0 Å². The second-order valence-corrected chi connectivity index (χ2v) is 6.23. The summed E-state index contributed by atoms with van der Waals surface area (Å²) >= 11 is 1.23. The van der Waals surface area contributed by atoms with Gasteiger partial charge in [0.05, 0.1) is 22.0 Å². The molecule has 3 heterocycles. The van der Waals surface area contributed by atoms with E-state index in [9.17, 15) is 4.79 Å². The van der Waals surface area contributed by atoms with Gasteiger partial charge in [0.25, 0.3) is 5.24 Å². The van der Waals surface area contributed by atoms with Gasteiger partial charge in [0.1, 0.15) is 6.33 Å². The molecule has 0 aliphatic carbocycles. The zero-order valence-electron chi connectivity index (χ0n) is 11.6. The van der Waals surface area contributed by atoms with Gasteiger partial charge in [-0.25, -0.2) is 15.4 Å². The molecule has 22 heavy (non-hydrogen) atoms. The first kappa shape index (κ1) is 13.1. The summed E-state index contributed by atoms with van der Waals surface area (Å²) in [5.41, 5.74) is 6.11. The van der Waals surface area contributed by atoms with E-state index in [0.29, 0.717) is 5.95 Å². The monoisotopic (exact) mass is 312 g/mol. The highest BCUT2D eigenvalue weighted by atomic mass is 32.2. The molecule has 1 unspecified atom stereocenters. The van der Waals surface area contributed by atoms with Gasteiger partial charge in [0, 0.05) is 18.0 Å². The lowest BCUT2D eigenvalue weighted by molar-refractivity contribution is 0.261. The third-order valence-corrected chi connectivity index (χ3v) is 4.33. The summed E-state index contributed by atoms with van der Waals surface area (Å²) in [6.45, 7) is 1.97. The highest BCUT2D eigenvalue weighted by molar-refractivity contribution is 8.14. The Hall–Kier alpha value is -2.61. The predicted octanol–water partition coefficient (Wildman–Crippen LogP) is 2.30. The number of benzene rings is 1. The number of hydrogen-bond donors (Lipinski definition) is 2. The van der Waals surface area contributed by atoms with Crippen LogP contribution in [0.15, 0.2) is 42.0 Å². The number of carbonyl (C=O) groups excluding carboxylic acids is 1. The molecule has 1 aromatic carbocycles. The Labute approximate surface area is 129 Å². The van der Waals surface area contributed by atoms with E-state index in [0.717, 1.165) is 22.3 Å². The molecular formula is C14H12N6OS. The molecule has 0 saturated heterocycles. The summed E-state index contributed by atoms with van der Waals surface area (Å²) in [5.74, 6) is 0.714. The lowest BCUT2D eigenvalue weighted by Crippen LogP contribution is -2.29. The van der Waals surface area contributed by atoms with Crippen molar-refractivity contribution in [3.05, 3.63) is 42.5 Å². The average Bonchev–Trinajstić information content (AvgIpc) is 3.15. The Bertz CT molecular complexity index is 882. The van der Waals surface area contributed by atoms with E-state index in [2.05, 4.69) is 25.5 Å². The number of nitrogens with zero attached hydrogens (tertiary/aromatic N) is 4. The molecule has 0 saturated carbocycles. The van der Waals surface area contributed by atoms with E-state index in [1.165, 1.54) is 11.8 Å². The van der Waals surface area contributed by atoms with E-state index in [4.69, 9.17) is 0 Å². The van der Waals surface area contributed by atoms with Crippen LogP contribution in [0.2, 0.25) is 0 Å². The smallest absolute Gasteiger partial charge is 0.299 e. The first-order chi connectivity index (χ1) is 10.7. The zero-order valence-corrected chi connectivity index (χ0v) is 12.5. The van der Waals surface area contributed by atoms with Crippen LogP contribution in [0.5, 0.6) is 0 Å². The summed E-state index contributed by atoms with van der Waals surface area (Å²) < 4.78 is 1.82. The van der Waals surface area contributed by atoms with Crippen LogP contribution in [-0.4, -0.2) is 35.7 Å². The number of hydrogen-bond acceptors (Lipinski definition) is 5. The second-order valence-electron chi connectivity index (χ2n) is 4.92. The molecule has 2 N–H and O–H groups in total. The summed E-state index contributed by atoms with van der Waals surface area (Å²) in [7, 11) is 0. The Morgan fingerprint density at radius 1 is 1.36 bits per heavy atom. The van der Waals surface area contributed by atoms with Crippen LogP contribution >= 0.6 is 11.8 Å². The van der Waals surface area contributed by atoms with Gasteiger partial charge in [-0.15, -0.1) is 0 Å². The van der Waals surface area contributed by atoms with Gasteiger partial charge in [-0.1, -0.05) is 17.8 Å². The molecule has 1 amide bonds. The van der Waals surface area contributed by atoms with E-state index < -0.39 is 0 Å². The van der Waals surface area contributed by atoms with Crippen molar-refractivity contribution in [2.45, 2.75) is 12.2 Å². The number of amides is 1. The van der Waals surface area contributed by atoms with Gasteiger partial charge >= 0.3 is 0 Å². The van der Waals surface area contributed by atoms with Crippen LogP contribution in [0.4, 0.5) is 4.79 Å². The Morgan fingerprint density at radius 2 is 2.27 bits per heavy atom. The number of thioether (sulfide) groups is 1. The number of aromatic nitrogens is 4. The second kappa shape index (κ2) is 4.99. The molecule has 7 nitrogen and oxygen atoms in total. The van der Waals surface area contributed by atoms with Gasteiger partial charge < -0.3 is 4.98 Å². The molecule has 8 heteroatoms. The molecule has 4 rings (SSSR count). The SMILES string of the molecule is CC1SC(=O)NN=C1c1ccc2nc(-n3ccnc3)[nH]c2c1. The van der Waals surface area contributed by atoms with Crippen LogP contribution in [0.1, 0.15) is 12.5 Å². The van der Waals surface area contributed by atoms with E-state index in [-0.39, 0.29) is 10.5 Å². The number of nitrogens with one attached hydrogen (secondary N) is 2. The molecule has 1 atom stereocenters. The van der Waals surface area contributed by atoms with Crippen LogP contribution in [0.3, 0.4) is 0 Å². The first-order valence-electron chi connectivity index (χ1n) is 6.73. The predicted molar refractivity (Wildman–Crippen MR) is 85.3 cm³/mol. The molecule has 1 aliphatic rings. The van der Waals surface area contributed by atoms with Gasteiger partial charge in [-0.2, -0.15) is 5.10 Å². The fourth-order valence-electron chi connectivity index (χ4n) is 2.40. The lowest BCUT2D eigenvalue weighted by atomic mass is 10.1. The minimum atomic E-state index is -0.124. The molecule has 0 spiro atoms. The van der Waals surface area contributed by atoms with Gasteiger partial charge in [-0.3, -0.25) is 9.36 Å². The highest BCUT2D eigenvalue weighted by Gasteiger charge is 2.22. The number of fused-ring (bicyclic) bond motifs is 1. The van der Waals surface area contributed by atoms with Gasteiger partial charge in [-0.05, 0) is 19.1 Å². The minimum absolute atomic E-state index is 0.0160. The quantitative estimate of drug-likeness (QED) is 0.760. The fraction of sp³-hybridized carbons (Fsp3) is 0.143. The van der Waals surface area contributed by atoms with Crippen molar-refractivity contribution in [1.29, 1.82) is 0 Å². The molecule has 3 aromatic rings. The molecule has 0 fully saturated rings. The first-order valence-corrected chi connectivity index (χ1v) is 7.61. The number of H-pyrrole nitrogens is 1.